The molecule has 18 heavy (non-hydrogen) atoms. The zero-order valence-electron chi connectivity index (χ0n) is 9.46. The molecule has 1 heterocycles. The molecule has 1 saturated carbocycles. The summed E-state index contributed by atoms with van der Waals surface area (Å²) in [5, 5.41) is 13.8. The maximum atomic E-state index is 11.4. The molecule has 7 nitrogen and oxygen atoms in total. The minimum Gasteiger partial charge on any atom is -0.383 e. The smallest absolute Gasteiger partial charge is 0.275 e. The van der Waals surface area contributed by atoms with E-state index in [2.05, 4.69) is 10.3 Å². The van der Waals surface area contributed by atoms with Crippen molar-refractivity contribution in [2.45, 2.75) is 23.9 Å². The standard InChI is InChI=1S/C10H12N4O3S/c11-8-3-7(14(16)17)4-10(13-8)18-5-9(15)12-6-1-2-6/h3-4,6H,1-2,5H2,(H2,11,13)(H,12,15). The number of amides is 1. The van der Waals surface area contributed by atoms with Crippen LogP contribution < -0.4 is 11.1 Å². The second-order valence-corrected chi connectivity index (χ2v) is 4.97. The molecule has 1 aromatic rings. The van der Waals surface area contributed by atoms with Gasteiger partial charge in [0.25, 0.3) is 5.69 Å². The van der Waals surface area contributed by atoms with E-state index in [9.17, 15) is 14.9 Å². The Morgan fingerprint density at radius 2 is 2.33 bits per heavy atom. The molecule has 1 amide bonds. The normalized spacial score (nSPS) is 14.2. The van der Waals surface area contributed by atoms with E-state index >= 15 is 0 Å². The molecular formula is C10H12N4O3S. The first-order chi connectivity index (χ1) is 8.54. The minimum atomic E-state index is -0.535. The van der Waals surface area contributed by atoms with Crippen LogP contribution in [0.5, 0.6) is 0 Å². The second-order valence-electron chi connectivity index (χ2n) is 3.98. The van der Waals surface area contributed by atoms with E-state index in [1.54, 1.807) is 0 Å². The summed E-state index contributed by atoms with van der Waals surface area (Å²) in [7, 11) is 0. The number of hydrogen-bond acceptors (Lipinski definition) is 6. The van der Waals surface area contributed by atoms with Crippen LogP contribution in [0.2, 0.25) is 0 Å². The Morgan fingerprint density at radius 1 is 1.61 bits per heavy atom. The summed E-state index contributed by atoms with van der Waals surface area (Å²) in [4.78, 5) is 25.5. The summed E-state index contributed by atoms with van der Waals surface area (Å²) in [5.74, 6) is 0.174. The van der Waals surface area contributed by atoms with Gasteiger partial charge in [0.05, 0.1) is 16.7 Å². The van der Waals surface area contributed by atoms with Crippen molar-refractivity contribution in [2.24, 2.45) is 0 Å². The van der Waals surface area contributed by atoms with Gasteiger partial charge >= 0.3 is 0 Å². The molecule has 2 rings (SSSR count). The van der Waals surface area contributed by atoms with Gasteiger partial charge in [-0.05, 0) is 12.8 Å². The van der Waals surface area contributed by atoms with Gasteiger partial charge in [-0.2, -0.15) is 0 Å². The van der Waals surface area contributed by atoms with Crippen molar-refractivity contribution in [3.8, 4) is 0 Å². The van der Waals surface area contributed by atoms with E-state index in [1.807, 2.05) is 0 Å². The van der Waals surface area contributed by atoms with E-state index in [-0.39, 0.29) is 23.2 Å². The van der Waals surface area contributed by atoms with Crippen LogP contribution >= 0.6 is 11.8 Å². The van der Waals surface area contributed by atoms with Gasteiger partial charge in [0, 0.05) is 12.1 Å². The first kappa shape index (κ1) is 12.6. The summed E-state index contributed by atoms with van der Waals surface area (Å²) >= 11 is 1.14. The number of aromatic nitrogens is 1. The molecule has 0 unspecified atom stereocenters. The summed E-state index contributed by atoms with van der Waals surface area (Å²) in [6.45, 7) is 0. The molecule has 8 heteroatoms. The highest BCUT2D eigenvalue weighted by Crippen LogP contribution is 2.24. The molecule has 0 bridgehead atoms. The number of carbonyl (C=O) groups excluding carboxylic acids is 1. The Hall–Kier alpha value is -1.83. The largest absolute Gasteiger partial charge is 0.383 e. The van der Waals surface area contributed by atoms with E-state index in [0.717, 1.165) is 24.6 Å². The molecule has 1 aliphatic carbocycles. The Labute approximate surface area is 107 Å². The van der Waals surface area contributed by atoms with Gasteiger partial charge in [-0.1, -0.05) is 11.8 Å². The fourth-order valence-electron chi connectivity index (χ4n) is 1.33. The predicted octanol–water partition coefficient (Wildman–Crippen LogP) is 0.943. The highest BCUT2D eigenvalue weighted by Gasteiger charge is 2.23. The third-order valence-electron chi connectivity index (χ3n) is 2.31. The monoisotopic (exact) mass is 268 g/mol. The van der Waals surface area contributed by atoms with Crippen LogP contribution in [-0.4, -0.2) is 27.6 Å². The Morgan fingerprint density at radius 3 is 2.94 bits per heavy atom. The summed E-state index contributed by atoms with van der Waals surface area (Å²) in [5.41, 5.74) is 5.35. The molecule has 0 atom stereocenters. The van der Waals surface area contributed by atoms with Gasteiger partial charge in [0.1, 0.15) is 10.8 Å². The highest BCUT2D eigenvalue weighted by molar-refractivity contribution is 7.99. The molecule has 96 valence electrons. The number of nitrogens with two attached hydrogens (primary N) is 1. The number of nitro groups is 1. The van der Waals surface area contributed by atoms with E-state index in [0.29, 0.717) is 11.1 Å². The number of hydrogen-bond donors (Lipinski definition) is 2. The first-order valence-electron chi connectivity index (χ1n) is 5.38. The van der Waals surface area contributed by atoms with Crippen LogP contribution in [0, 0.1) is 10.1 Å². The van der Waals surface area contributed by atoms with E-state index in [1.165, 1.54) is 12.1 Å². The zero-order valence-corrected chi connectivity index (χ0v) is 10.3. The summed E-state index contributed by atoms with van der Waals surface area (Å²) < 4.78 is 0. The van der Waals surface area contributed by atoms with Crippen LogP contribution in [0.4, 0.5) is 11.5 Å². The zero-order chi connectivity index (χ0) is 13.1. The molecule has 1 aromatic heterocycles. The molecule has 0 aliphatic heterocycles. The molecule has 1 fully saturated rings. The molecule has 0 radical (unpaired) electrons. The lowest BCUT2D eigenvalue weighted by molar-refractivity contribution is -0.385. The van der Waals surface area contributed by atoms with Crippen molar-refractivity contribution in [1.29, 1.82) is 0 Å². The van der Waals surface area contributed by atoms with E-state index in [4.69, 9.17) is 5.73 Å². The van der Waals surface area contributed by atoms with Crippen molar-refractivity contribution in [3.05, 3.63) is 22.2 Å². The Kier molecular flexibility index (Phi) is 3.66. The molecular weight excluding hydrogens is 256 g/mol. The minimum absolute atomic E-state index is 0.0781. The Bertz CT molecular complexity index is 490. The topological polar surface area (TPSA) is 111 Å². The quantitative estimate of drug-likeness (QED) is 0.467. The fraction of sp³-hybridized carbons (Fsp3) is 0.400. The van der Waals surface area contributed by atoms with Crippen molar-refractivity contribution in [1.82, 2.24) is 10.3 Å². The average molecular weight is 268 g/mol. The molecule has 0 aromatic carbocycles. The van der Waals surface area contributed by atoms with Gasteiger partial charge in [0.15, 0.2) is 0 Å². The molecule has 0 saturated heterocycles. The number of carbonyl (C=O) groups is 1. The third kappa shape index (κ3) is 3.59. The average Bonchev–Trinajstić information content (AvgIpc) is 3.09. The predicted molar refractivity (Wildman–Crippen MR) is 67.2 cm³/mol. The number of nitrogens with one attached hydrogen (secondary N) is 1. The second kappa shape index (κ2) is 5.21. The maximum absolute atomic E-state index is 11.4. The van der Waals surface area contributed by atoms with Gasteiger partial charge in [0.2, 0.25) is 5.91 Å². The van der Waals surface area contributed by atoms with Crippen LogP contribution in [0.15, 0.2) is 17.2 Å². The maximum Gasteiger partial charge on any atom is 0.275 e. The van der Waals surface area contributed by atoms with Crippen LogP contribution in [0.1, 0.15) is 12.8 Å². The number of thioether (sulfide) groups is 1. The number of nitrogen functional groups attached to an aromatic ring is 1. The fourth-order valence-corrected chi connectivity index (χ4v) is 2.06. The molecule has 3 N–H and O–H groups in total. The third-order valence-corrected chi connectivity index (χ3v) is 3.22. The first-order valence-corrected chi connectivity index (χ1v) is 6.37. The van der Waals surface area contributed by atoms with Crippen LogP contribution in [-0.2, 0) is 4.79 Å². The molecule has 0 spiro atoms. The number of anilines is 1. The van der Waals surface area contributed by atoms with Crippen molar-refractivity contribution in [2.75, 3.05) is 11.5 Å². The summed E-state index contributed by atoms with van der Waals surface area (Å²) in [6, 6.07) is 2.81. The van der Waals surface area contributed by atoms with Crippen LogP contribution in [0.3, 0.4) is 0 Å². The van der Waals surface area contributed by atoms with Crippen molar-refractivity contribution >= 4 is 29.2 Å². The Balaban J connectivity index is 1.95. The number of pyridine rings is 1. The number of rotatable bonds is 5. The number of nitrogens with zero attached hydrogens (tertiary/aromatic N) is 2. The molecule has 1 aliphatic rings. The van der Waals surface area contributed by atoms with Gasteiger partial charge < -0.3 is 11.1 Å². The lowest BCUT2D eigenvalue weighted by Crippen LogP contribution is -2.27. The van der Waals surface area contributed by atoms with Crippen molar-refractivity contribution in [3.63, 3.8) is 0 Å². The van der Waals surface area contributed by atoms with Gasteiger partial charge in [-0.25, -0.2) is 4.98 Å². The highest BCUT2D eigenvalue weighted by atomic mass is 32.2. The summed E-state index contributed by atoms with van der Waals surface area (Å²) in [6.07, 6.45) is 2.05. The lowest BCUT2D eigenvalue weighted by Gasteiger charge is -2.03. The van der Waals surface area contributed by atoms with Crippen molar-refractivity contribution < 1.29 is 9.72 Å². The van der Waals surface area contributed by atoms with Gasteiger partial charge in [-0.15, -0.1) is 0 Å². The van der Waals surface area contributed by atoms with Crippen LogP contribution in [0.25, 0.3) is 0 Å². The SMILES string of the molecule is Nc1cc([N+](=O)[O-])cc(SCC(=O)NC2CC2)n1. The van der Waals surface area contributed by atoms with E-state index < -0.39 is 4.92 Å². The van der Waals surface area contributed by atoms with Gasteiger partial charge in [-0.3, -0.25) is 14.9 Å². The lowest BCUT2D eigenvalue weighted by atomic mass is 10.4.